The van der Waals surface area contributed by atoms with Crippen LogP contribution in [0, 0.1) is 29.0 Å². The van der Waals surface area contributed by atoms with Crippen LogP contribution in [0.15, 0.2) is 34.9 Å². The molecule has 1 saturated heterocycles. The highest BCUT2D eigenvalue weighted by Crippen LogP contribution is 2.52. The number of ether oxygens (including phenoxy) is 2. The second kappa shape index (κ2) is 10.1. The predicted molar refractivity (Wildman–Crippen MR) is 148 cm³/mol. The molecule has 1 N–H and O–H groups in total. The van der Waals surface area contributed by atoms with Gasteiger partial charge in [0.15, 0.2) is 5.82 Å². The highest BCUT2D eigenvalue weighted by atomic mass is 35.5. The molecule has 2 unspecified atom stereocenters. The standard InChI is InChI=1S/C29H24Cl2FN3O4S/c30-20-2-1-3-21(31)24(20)25-19(27(39-35-25)15-4-5-15)13-38-18-8-16-11-37-12-17(9-18)29(16,36)28-34-26-22(32)6-14(10-33)7-23(26)40-28/h1-3,6-7,15-18,36H,4-5,8-9,11-13H2/t16-,17+,18?,29?. The second-order valence-electron chi connectivity index (χ2n) is 10.8. The molecule has 2 aromatic heterocycles. The lowest BCUT2D eigenvalue weighted by Gasteiger charge is -2.50. The third kappa shape index (κ3) is 4.33. The Labute approximate surface area is 243 Å². The number of rotatable bonds is 6. The molecule has 2 saturated carbocycles. The summed E-state index contributed by atoms with van der Waals surface area (Å²) >= 11 is 14.2. The Kier molecular flexibility index (Phi) is 6.62. The smallest absolute Gasteiger partial charge is 0.151 e. The Morgan fingerprint density at radius 3 is 2.58 bits per heavy atom. The lowest BCUT2D eigenvalue weighted by molar-refractivity contribution is -0.209. The van der Waals surface area contributed by atoms with Gasteiger partial charge in [0.05, 0.1) is 52.3 Å². The van der Waals surface area contributed by atoms with E-state index in [-0.39, 0.29) is 35.6 Å². The monoisotopic (exact) mass is 599 g/mol. The minimum atomic E-state index is -1.27. The number of halogens is 3. The molecule has 1 aliphatic heterocycles. The van der Waals surface area contributed by atoms with Gasteiger partial charge in [0.1, 0.15) is 27.6 Å². The van der Waals surface area contributed by atoms with Crippen molar-refractivity contribution >= 4 is 44.8 Å². The maximum Gasteiger partial charge on any atom is 0.151 e. The minimum Gasteiger partial charge on any atom is -0.382 e. The maximum absolute atomic E-state index is 14.7. The van der Waals surface area contributed by atoms with Gasteiger partial charge in [0.2, 0.25) is 0 Å². The number of benzene rings is 2. The van der Waals surface area contributed by atoms with E-state index < -0.39 is 11.4 Å². The van der Waals surface area contributed by atoms with Crippen molar-refractivity contribution in [3.8, 4) is 17.3 Å². The number of aromatic nitrogens is 2. The average molecular weight is 600 g/mol. The Morgan fingerprint density at radius 1 is 1.18 bits per heavy atom. The summed E-state index contributed by atoms with van der Waals surface area (Å²) in [6, 6.07) is 10.1. The minimum absolute atomic E-state index is 0.146. The molecule has 0 amide bonds. The van der Waals surface area contributed by atoms with E-state index in [1.165, 1.54) is 17.4 Å². The van der Waals surface area contributed by atoms with Crippen LogP contribution in [0.5, 0.6) is 0 Å². The molecule has 7 nitrogen and oxygen atoms in total. The van der Waals surface area contributed by atoms with Crippen LogP contribution >= 0.6 is 34.5 Å². The summed E-state index contributed by atoms with van der Waals surface area (Å²) in [5, 5.41) is 27.1. The van der Waals surface area contributed by atoms with E-state index in [0.29, 0.717) is 63.0 Å². The molecule has 7 rings (SSSR count). The van der Waals surface area contributed by atoms with Gasteiger partial charge in [-0.05, 0) is 49.9 Å². The third-order valence-electron chi connectivity index (χ3n) is 8.33. The number of nitriles is 1. The summed E-state index contributed by atoms with van der Waals surface area (Å²) in [5.74, 6) is -0.00609. The number of hydrogen-bond acceptors (Lipinski definition) is 8. The van der Waals surface area contributed by atoms with E-state index in [4.69, 9.17) is 37.2 Å². The van der Waals surface area contributed by atoms with Crippen molar-refractivity contribution in [2.24, 2.45) is 11.8 Å². The van der Waals surface area contributed by atoms with Crippen LogP contribution in [0.1, 0.15) is 53.5 Å². The molecule has 4 atom stereocenters. The molecule has 4 aromatic rings. The largest absolute Gasteiger partial charge is 0.382 e. The van der Waals surface area contributed by atoms with Crippen molar-refractivity contribution in [1.82, 2.24) is 10.1 Å². The van der Waals surface area contributed by atoms with E-state index in [1.807, 2.05) is 6.07 Å². The SMILES string of the molecule is N#Cc1cc(F)c2nc(C3(O)[C@@H]4COC[C@H]3CC(OCc3c(-c5c(Cl)cccc5Cl)noc3C3CC3)C4)sc2c1. The molecule has 2 aliphatic carbocycles. The Morgan fingerprint density at radius 2 is 1.90 bits per heavy atom. The molecule has 3 aliphatic rings. The van der Waals surface area contributed by atoms with Crippen LogP contribution in [-0.4, -0.2) is 34.6 Å². The molecule has 2 aromatic carbocycles. The van der Waals surface area contributed by atoms with Crippen molar-refractivity contribution in [2.45, 2.75) is 49.9 Å². The third-order valence-corrected chi connectivity index (χ3v) is 10.1. The van der Waals surface area contributed by atoms with Gasteiger partial charge in [-0.3, -0.25) is 0 Å². The molecule has 206 valence electrons. The molecular weight excluding hydrogens is 576 g/mol. The summed E-state index contributed by atoms with van der Waals surface area (Å²) in [6.07, 6.45) is 3.01. The van der Waals surface area contributed by atoms with E-state index in [1.54, 1.807) is 24.3 Å². The van der Waals surface area contributed by atoms with Crippen LogP contribution in [0.3, 0.4) is 0 Å². The molecule has 3 fully saturated rings. The zero-order valence-corrected chi connectivity index (χ0v) is 23.5. The van der Waals surface area contributed by atoms with Gasteiger partial charge in [-0.1, -0.05) is 34.4 Å². The lowest BCUT2D eigenvalue weighted by Crippen LogP contribution is -2.55. The Balaban J connectivity index is 1.15. The number of nitrogens with zero attached hydrogens (tertiary/aromatic N) is 3. The fraction of sp³-hybridized carbons (Fsp3) is 0.414. The summed E-state index contributed by atoms with van der Waals surface area (Å²) < 4.78 is 33.3. The van der Waals surface area contributed by atoms with Gasteiger partial charge in [-0.2, -0.15) is 5.26 Å². The van der Waals surface area contributed by atoms with E-state index >= 15 is 0 Å². The fourth-order valence-corrected chi connectivity index (χ4v) is 7.97. The first-order chi connectivity index (χ1) is 19.4. The van der Waals surface area contributed by atoms with Crippen LogP contribution in [-0.2, 0) is 21.7 Å². The Hall–Kier alpha value is -2.58. The molecular formula is C29H24Cl2FN3O4S. The van der Waals surface area contributed by atoms with E-state index in [0.717, 1.165) is 24.2 Å². The predicted octanol–water partition coefficient (Wildman–Crippen LogP) is 6.98. The van der Waals surface area contributed by atoms with Crippen LogP contribution < -0.4 is 0 Å². The van der Waals surface area contributed by atoms with Crippen molar-refractivity contribution in [3.63, 3.8) is 0 Å². The highest BCUT2D eigenvalue weighted by molar-refractivity contribution is 7.18. The van der Waals surface area contributed by atoms with Gasteiger partial charge in [0.25, 0.3) is 0 Å². The quantitative estimate of drug-likeness (QED) is 0.255. The van der Waals surface area contributed by atoms with Gasteiger partial charge < -0.3 is 19.1 Å². The lowest BCUT2D eigenvalue weighted by atomic mass is 9.66. The fourth-order valence-electron chi connectivity index (χ4n) is 6.13. The molecule has 11 heteroatoms. The maximum atomic E-state index is 14.7. The first-order valence-corrected chi connectivity index (χ1v) is 14.8. The van der Waals surface area contributed by atoms with Crippen LogP contribution in [0.2, 0.25) is 10.0 Å². The van der Waals surface area contributed by atoms with Crippen molar-refractivity contribution in [3.05, 3.63) is 68.1 Å². The molecule has 0 spiro atoms. The highest BCUT2D eigenvalue weighted by Gasteiger charge is 2.55. The van der Waals surface area contributed by atoms with Gasteiger partial charge in [0, 0.05) is 28.9 Å². The summed E-state index contributed by atoms with van der Waals surface area (Å²) in [4.78, 5) is 4.52. The second-order valence-corrected chi connectivity index (χ2v) is 12.7. The van der Waals surface area contributed by atoms with Gasteiger partial charge in [-0.15, -0.1) is 11.3 Å². The van der Waals surface area contributed by atoms with Gasteiger partial charge in [-0.25, -0.2) is 9.37 Å². The van der Waals surface area contributed by atoms with Crippen molar-refractivity contribution in [1.29, 1.82) is 5.26 Å². The van der Waals surface area contributed by atoms with Crippen LogP contribution in [0.4, 0.5) is 4.39 Å². The first-order valence-electron chi connectivity index (χ1n) is 13.2. The molecule has 0 radical (unpaired) electrons. The van der Waals surface area contributed by atoms with Crippen molar-refractivity contribution < 1.29 is 23.5 Å². The number of aliphatic hydroxyl groups is 1. The van der Waals surface area contributed by atoms with E-state index in [9.17, 15) is 14.8 Å². The average Bonchev–Trinajstić information content (AvgIpc) is 3.53. The number of hydrogen-bond donors (Lipinski definition) is 1. The normalized spacial score (nSPS) is 26.2. The van der Waals surface area contributed by atoms with Crippen LogP contribution in [0.25, 0.3) is 21.5 Å². The topological polar surface area (TPSA) is 101 Å². The molecule has 40 heavy (non-hydrogen) atoms. The molecule has 2 bridgehead atoms. The Bertz CT molecular complexity index is 1630. The first kappa shape index (κ1) is 26.3. The summed E-state index contributed by atoms with van der Waals surface area (Å²) in [7, 11) is 0. The zero-order chi connectivity index (χ0) is 27.6. The summed E-state index contributed by atoms with van der Waals surface area (Å²) in [6.45, 7) is 0.963. The number of fused-ring (bicyclic) bond motifs is 3. The summed E-state index contributed by atoms with van der Waals surface area (Å²) in [5.41, 5.74) is 1.22. The van der Waals surface area contributed by atoms with Crippen molar-refractivity contribution in [2.75, 3.05) is 13.2 Å². The molecule has 3 heterocycles. The van der Waals surface area contributed by atoms with E-state index in [2.05, 4.69) is 10.1 Å². The van der Waals surface area contributed by atoms with Gasteiger partial charge >= 0.3 is 0 Å². The number of thiazole rings is 1. The zero-order valence-electron chi connectivity index (χ0n) is 21.2.